The number of anilines is 1. The third kappa shape index (κ3) is 9.36. The first-order valence-electron chi connectivity index (χ1n) is 15.8. The first-order chi connectivity index (χ1) is 22.4. The van der Waals surface area contributed by atoms with Gasteiger partial charge in [-0.25, -0.2) is 0 Å². The van der Waals surface area contributed by atoms with Gasteiger partial charge in [0.25, 0.3) is 25.2 Å². The number of thiazole rings is 1. The van der Waals surface area contributed by atoms with Crippen molar-refractivity contribution in [3.8, 4) is 0 Å². The zero-order valence-electron chi connectivity index (χ0n) is 26.7. The molecule has 2 aliphatic rings. The molecule has 0 saturated heterocycles. The van der Waals surface area contributed by atoms with E-state index in [1.54, 1.807) is 23.1 Å². The van der Waals surface area contributed by atoms with Gasteiger partial charge in [0.2, 0.25) is 5.52 Å². The molecule has 1 aromatic heterocycles. The highest BCUT2D eigenvalue weighted by Gasteiger charge is 2.26. The summed E-state index contributed by atoms with van der Waals surface area (Å²) in [7, 11) is -5.83. The fraction of sp³-hybridized carbons (Fsp3) is 0.382. The van der Waals surface area contributed by atoms with E-state index in [9.17, 15) is 16.8 Å². The molecule has 0 amide bonds. The van der Waals surface area contributed by atoms with Crippen LogP contribution in [-0.2, 0) is 26.8 Å². The Morgan fingerprint density at radius 1 is 0.894 bits per heavy atom. The molecule has 1 aliphatic carbocycles. The lowest BCUT2D eigenvalue weighted by Crippen LogP contribution is -2.35. The minimum absolute atomic E-state index is 0.234. The number of hydrogen-bond acceptors (Lipinski definition) is 8. The molecule has 252 valence electrons. The minimum Gasteiger partial charge on any atom is -0.374 e. The van der Waals surface area contributed by atoms with Crippen molar-refractivity contribution in [3.63, 3.8) is 0 Å². The predicted molar refractivity (Wildman–Crippen MR) is 193 cm³/mol. The average Bonchev–Trinajstić information content (AvgIpc) is 3.71. The third-order valence-electron chi connectivity index (χ3n) is 8.32. The lowest BCUT2D eigenvalue weighted by Gasteiger charge is -2.22. The fourth-order valence-corrected chi connectivity index (χ4v) is 9.27. The molecule has 3 aromatic rings. The first-order valence-corrected chi connectivity index (χ1v) is 20.7. The van der Waals surface area contributed by atoms with Crippen molar-refractivity contribution >= 4 is 65.3 Å². The predicted octanol–water partition coefficient (Wildman–Crippen LogP) is 6.92. The second kappa shape index (κ2) is 15.5. The number of allylic oxidation sites excluding steroid dienone is 5. The Morgan fingerprint density at radius 3 is 2.34 bits per heavy atom. The molecule has 0 bridgehead atoms. The number of aryl methyl sites for hydroxylation is 1. The second-order valence-electron chi connectivity index (χ2n) is 11.7. The summed E-state index contributed by atoms with van der Waals surface area (Å²) in [5.74, 6) is -0.468. The number of aromatic nitrogens is 1. The van der Waals surface area contributed by atoms with Crippen LogP contribution in [0, 0.1) is 0 Å². The van der Waals surface area contributed by atoms with E-state index >= 15 is 0 Å². The Bertz CT molecular complexity index is 1940. The topological polar surface area (TPSA) is 119 Å². The smallest absolute Gasteiger partial charge is 0.264 e. The maximum absolute atomic E-state index is 11.2. The number of nitrogens with zero attached hydrogens (tertiary/aromatic N) is 3. The number of thioether (sulfide) groups is 1. The van der Waals surface area contributed by atoms with Crippen molar-refractivity contribution < 1.29 is 30.5 Å². The highest BCUT2D eigenvalue weighted by Crippen LogP contribution is 2.46. The van der Waals surface area contributed by atoms with Gasteiger partial charge in [-0.2, -0.15) is 21.4 Å². The molecule has 0 atom stereocenters. The highest BCUT2D eigenvalue weighted by atomic mass is 32.2. The molecule has 2 N–H and O–H groups in total. The van der Waals surface area contributed by atoms with Crippen LogP contribution in [0.15, 0.2) is 93.5 Å². The van der Waals surface area contributed by atoms with E-state index in [1.807, 2.05) is 24.3 Å². The molecule has 9 nitrogen and oxygen atoms in total. The molecule has 2 aromatic carbocycles. The maximum Gasteiger partial charge on any atom is 0.264 e. The molecule has 47 heavy (non-hydrogen) atoms. The van der Waals surface area contributed by atoms with E-state index in [4.69, 9.17) is 9.11 Å². The van der Waals surface area contributed by atoms with Gasteiger partial charge in [0.05, 0.1) is 22.2 Å². The van der Waals surface area contributed by atoms with Gasteiger partial charge in [-0.3, -0.25) is 9.11 Å². The minimum atomic E-state index is -3.97. The molecule has 0 saturated carbocycles. The quantitative estimate of drug-likeness (QED) is 0.0982. The molecule has 13 heteroatoms. The number of unbranched alkanes of at least 4 members (excludes halogenated alkanes) is 2. The SMILES string of the molecule is CCN(C)C1=C(C=Cc2sc3ccccc3[n+]2CCCCS(=O)(=O)O)CCC1=CC=C1Sc2ccccc2N1CCCCS(=O)(=O)O. The molecule has 5 rings (SSSR count). The summed E-state index contributed by atoms with van der Waals surface area (Å²) < 4.78 is 66.6. The lowest BCUT2D eigenvalue weighted by molar-refractivity contribution is -0.669. The Morgan fingerprint density at radius 2 is 1.60 bits per heavy atom. The average molecular weight is 717 g/mol. The number of likely N-dealkylation sites (N-methyl/N-ethyl adjacent to an activating group) is 1. The van der Waals surface area contributed by atoms with Crippen molar-refractivity contribution in [1.82, 2.24) is 4.90 Å². The standard InChI is InChI=1S/C34H41N3O6S4/c1-3-35(2)34-26(18-20-32-36(22-8-10-24-46(38,39)40)28-12-4-6-14-30(28)44-32)16-17-27(34)19-21-33-37(23-9-11-25-47(41,42)43)29-13-5-7-15-31(29)45-33/h4-7,12-15,18-21H,3,8-11,16-17,22-25H2,1-2H3,(H-,38,39,40,41,42,43)/p+1. The van der Waals surface area contributed by atoms with E-state index in [0.29, 0.717) is 38.8 Å². The zero-order valence-corrected chi connectivity index (χ0v) is 30.0. The Labute approximate surface area is 286 Å². The van der Waals surface area contributed by atoms with Gasteiger partial charge < -0.3 is 9.80 Å². The van der Waals surface area contributed by atoms with E-state index in [1.165, 1.54) is 16.8 Å². The molecule has 0 unspecified atom stereocenters. The summed E-state index contributed by atoms with van der Waals surface area (Å²) in [6.07, 6.45) is 12.7. The summed E-state index contributed by atoms with van der Waals surface area (Å²) in [4.78, 5) is 5.69. The van der Waals surface area contributed by atoms with Crippen LogP contribution >= 0.6 is 23.1 Å². The lowest BCUT2D eigenvalue weighted by atomic mass is 10.1. The van der Waals surface area contributed by atoms with Gasteiger partial charge in [0.15, 0.2) is 6.54 Å². The van der Waals surface area contributed by atoms with Gasteiger partial charge in [0, 0.05) is 49.3 Å². The molecule has 2 heterocycles. The molecular weight excluding hydrogens is 675 g/mol. The number of hydrogen-bond donors (Lipinski definition) is 2. The zero-order chi connectivity index (χ0) is 33.6. The second-order valence-corrected chi connectivity index (χ2v) is 17.0. The summed E-state index contributed by atoms with van der Waals surface area (Å²) in [5, 5.41) is 2.18. The van der Waals surface area contributed by atoms with Crippen molar-refractivity contribution in [2.24, 2.45) is 0 Å². The van der Waals surface area contributed by atoms with Crippen molar-refractivity contribution in [1.29, 1.82) is 0 Å². The summed E-state index contributed by atoms with van der Waals surface area (Å²) in [6, 6.07) is 16.4. The van der Waals surface area contributed by atoms with Crippen LogP contribution in [0.1, 0.15) is 50.5 Å². The number of para-hydroxylation sites is 2. The van der Waals surface area contributed by atoms with E-state index in [2.05, 4.69) is 76.9 Å². The fourth-order valence-electron chi connectivity index (χ4n) is 5.95. The van der Waals surface area contributed by atoms with E-state index in [-0.39, 0.29) is 11.5 Å². The van der Waals surface area contributed by atoms with E-state index < -0.39 is 20.2 Å². The first kappa shape index (κ1) is 35.4. The monoisotopic (exact) mass is 716 g/mol. The Hall–Kier alpha value is -2.94. The van der Waals surface area contributed by atoms with E-state index in [0.717, 1.165) is 50.2 Å². The van der Waals surface area contributed by atoms with Crippen molar-refractivity contribution in [2.45, 2.75) is 56.9 Å². The van der Waals surface area contributed by atoms with Crippen LogP contribution in [0.3, 0.4) is 0 Å². The highest BCUT2D eigenvalue weighted by molar-refractivity contribution is 8.03. The van der Waals surface area contributed by atoms with Crippen LogP contribution in [0.5, 0.6) is 0 Å². The van der Waals surface area contributed by atoms with Gasteiger partial charge in [-0.15, -0.1) is 0 Å². The number of rotatable bonds is 15. The molecular formula is C34H42N3O6S4+. The summed E-state index contributed by atoms with van der Waals surface area (Å²) in [6.45, 7) is 4.32. The summed E-state index contributed by atoms with van der Waals surface area (Å²) in [5.41, 5.74) is 5.97. The van der Waals surface area contributed by atoms with Crippen molar-refractivity contribution in [2.75, 3.05) is 36.5 Å². The normalized spacial score (nSPS) is 17.2. The third-order valence-corrected chi connectivity index (χ3v) is 12.2. The number of benzene rings is 2. The summed E-state index contributed by atoms with van der Waals surface area (Å²) >= 11 is 3.42. The Kier molecular flexibility index (Phi) is 11.7. The van der Waals surface area contributed by atoms with Crippen LogP contribution in [0.4, 0.5) is 5.69 Å². The van der Waals surface area contributed by atoms with Gasteiger partial charge in [0.1, 0.15) is 4.70 Å². The largest absolute Gasteiger partial charge is 0.374 e. The van der Waals surface area contributed by atoms with Crippen LogP contribution in [0.2, 0.25) is 0 Å². The molecule has 0 fully saturated rings. The number of fused-ring (bicyclic) bond motifs is 2. The van der Waals surface area contributed by atoms with Crippen LogP contribution in [0.25, 0.3) is 16.3 Å². The van der Waals surface area contributed by atoms with Crippen molar-refractivity contribution in [3.05, 3.63) is 93.6 Å². The van der Waals surface area contributed by atoms with Gasteiger partial charge in [-0.05, 0) is 80.5 Å². The van der Waals surface area contributed by atoms with Gasteiger partial charge in [-0.1, -0.05) is 53.4 Å². The molecule has 0 radical (unpaired) electrons. The molecule has 0 spiro atoms. The maximum atomic E-state index is 11.2. The molecule has 1 aliphatic heterocycles. The van der Waals surface area contributed by atoms with Gasteiger partial charge >= 0.3 is 0 Å². The Balaban J connectivity index is 1.40. The van der Waals surface area contributed by atoms with Crippen LogP contribution < -0.4 is 9.47 Å². The van der Waals surface area contributed by atoms with Crippen LogP contribution in [-0.4, -0.2) is 62.5 Å².